The number of benzene rings is 2. The summed E-state index contributed by atoms with van der Waals surface area (Å²) in [5.41, 5.74) is 3.03. The largest absolute Gasteiger partial charge is 0.484 e. The number of hydrogen-bond acceptors (Lipinski definition) is 4. The first kappa shape index (κ1) is 14.2. The first-order valence-electron chi connectivity index (χ1n) is 7.10. The third kappa shape index (κ3) is 2.81. The highest BCUT2D eigenvalue weighted by Gasteiger charge is 2.19. The van der Waals surface area contributed by atoms with Crippen molar-refractivity contribution in [1.29, 1.82) is 0 Å². The molecule has 0 aliphatic carbocycles. The highest BCUT2D eigenvalue weighted by Crippen LogP contribution is 2.37. The van der Waals surface area contributed by atoms with Gasteiger partial charge in [0, 0.05) is 11.3 Å². The van der Waals surface area contributed by atoms with Crippen LogP contribution < -0.4 is 10.1 Å². The number of esters is 1. The summed E-state index contributed by atoms with van der Waals surface area (Å²) in [4.78, 5) is 11.9. The van der Waals surface area contributed by atoms with E-state index in [1.807, 2.05) is 49.4 Å². The first-order valence-corrected chi connectivity index (χ1v) is 7.10. The normalized spacial score (nSPS) is 15.6. The van der Waals surface area contributed by atoms with E-state index in [0.29, 0.717) is 5.56 Å². The predicted octanol–water partition coefficient (Wildman–Crippen LogP) is 4.01. The number of anilines is 2. The van der Waals surface area contributed by atoms with E-state index in [1.54, 1.807) is 12.1 Å². The Hall–Kier alpha value is -2.75. The van der Waals surface area contributed by atoms with Crippen LogP contribution in [0.5, 0.6) is 5.75 Å². The molecule has 0 radical (unpaired) electrons. The number of nitrogens with one attached hydrogen (secondary N) is 1. The van der Waals surface area contributed by atoms with E-state index in [9.17, 15) is 4.79 Å². The van der Waals surface area contributed by atoms with E-state index < -0.39 is 0 Å². The molecule has 0 bridgehead atoms. The minimum absolute atomic E-state index is 0.00667. The van der Waals surface area contributed by atoms with Gasteiger partial charge in [-0.2, -0.15) is 0 Å². The van der Waals surface area contributed by atoms with Crippen molar-refractivity contribution in [3.8, 4) is 5.75 Å². The molecule has 112 valence electrons. The van der Waals surface area contributed by atoms with Gasteiger partial charge in [0.05, 0.1) is 18.4 Å². The second kappa shape index (κ2) is 5.93. The molecule has 1 aliphatic rings. The number of para-hydroxylation sites is 1. The van der Waals surface area contributed by atoms with Gasteiger partial charge in [0.2, 0.25) is 0 Å². The van der Waals surface area contributed by atoms with Crippen LogP contribution in [0.15, 0.2) is 48.5 Å². The second-order valence-electron chi connectivity index (χ2n) is 5.11. The van der Waals surface area contributed by atoms with Crippen molar-refractivity contribution in [1.82, 2.24) is 0 Å². The standard InChI is InChI=1S/C18H17NO3/c1-12-8-9-13-10-14(18(20)21-2)11-16(17(13)22-12)19-15-6-4-3-5-7-15/h3-12,19H,1-2H3. The minimum Gasteiger partial charge on any atom is -0.484 e. The highest BCUT2D eigenvalue weighted by atomic mass is 16.5. The molecule has 1 aliphatic heterocycles. The molecule has 0 amide bonds. The average molecular weight is 295 g/mol. The number of carbonyl (C=O) groups is 1. The fraction of sp³-hybridized carbons (Fsp3) is 0.167. The molecule has 0 spiro atoms. The van der Waals surface area contributed by atoms with Gasteiger partial charge in [-0.1, -0.05) is 24.3 Å². The van der Waals surface area contributed by atoms with Crippen molar-refractivity contribution in [2.45, 2.75) is 13.0 Å². The summed E-state index contributed by atoms with van der Waals surface area (Å²) in [5.74, 6) is 0.373. The molecule has 4 nitrogen and oxygen atoms in total. The third-order valence-corrected chi connectivity index (χ3v) is 3.44. The summed E-state index contributed by atoms with van der Waals surface area (Å²) < 4.78 is 10.7. The maximum absolute atomic E-state index is 11.9. The quantitative estimate of drug-likeness (QED) is 0.869. The molecular weight excluding hydrogens is 278 g/mol. The van der Waals surface area contributed by atoms with E-state index in [0.717, 1.165) is 22.7 Å². The second-order valence-corrected chi connectivity index (χ2v) is 5.11. The number of methoxy groups -OCH3 is 1. The number of ether oxygens (including phenoxy) is 2. The van der Waals surface area contributed by atoms with Crippen molar-refractivity contribution < 1.29 is 14.3 Å². The molecule has 0 saturated heterocycles. The van der Waals surface area contributed by atoms with Gasteiger partial charge in [-0.05, 0) is 37.3 Å². The molecular formula is C18H17NO3. The van der Waals surface area contributed by atoms with Crippen LogP contribution in [-0.4, -0.2) is 19.2 Å². The summed E-state index contributed by atoms with van der Waals surface area (Å²) in [6.45, 7) is 1.97. The van der Waals surface area contributed by atoms with Crippen molar-refractivity contribution in [3.05, 3.63) is 59.7 Å². The maximum atomic E-state index is 11.9. The molecule has 1 N–H and O–H groups in total. The zero-order chi connectivity index (χ0) is 15.5. The Morgan fingerprint density at radius 3 is 2.73 bits per heavy atom. The lowest BCUT2D eigenvalue weighted by Crippen LogP contribution is -2.14. The Kier molecular flexibility index (Phi) is 3.83. The number of carbonyl (C=O) groups excluding carboxylic acids is 1. The average Bonchev–Trinajstić information content (AvgIpc) is 2.55. The van der Waals surface area contributed by atoms with E-state index >= 15 is 0 Å². The topological polar surface area (TPSA) is 47.6 Å². The highest BCUT2D eigenvalue weighted by molar-refractivity contribution is 5.93. The molecule has 1 heterocycles. The lowest BCUT2D eigenvalue weighted by atomic mass is 10.0. The van der Waals surface area contributed by atoms with Gasteiger partial charge in [-0.3, -0.25) is 0 Å². The minimum atomic E-state index is -0.370. The molecule has 1 unspecified atom stereocenters. The summed E-state index contributed by atoms with van der Waals surface area (Å²) >= 11 is 0. The Morgan fingerprint density at radius 2 is 2.00 bits per heavy atom. The number of hydrogen-bond donors (Lipinski definition) is 1. The monoisotopic (exact) mass is 295 g/mol. The van der Waals surface area contributed by atoms with Crippen LogP contribution in [0.2, 0.25) is 0 Å². The Labute approximate surface area is 129 Å². The fourth-order valence-corrected chi connectivity index (χ4v) is 2.38. The van der Waals surface area contributed by atoms with E-state index in [2.05, 4.69) is 5.32 Å². The van der Waals surface area contributed by atoms with Crippen LogP contribution in [0.3, 0.4) is 0 Å². The van der Waals surface area contributed by atoms with Gasteiger partial charge < -0.3 is 14.8 Å². The fourth-order valence-electron chi connectivity index (χ4n) is 2.38. The Morgan fingerprint density at radius 1 is 1.23 bits per heavy atom. The number of fused-ring (bicyclic) bond motifs is 1. The van der Waals surface area contributed by atoms with Crippen LogP contribution in [0.4, 0.5) is 11.4 Å². The zero-order valence-corrected chi connectivity index (χ0v) is 12.5. The number of rotatable bonds is 3. The SMILES string of the molecule is COC(=O)c1cc2c(c(Nc3ccccc3)c1)OC(C)C=C2. The molecule has 1 atom stereocenters. The molecule has 4 heteroatoms. The van der Waals surface area contributed by atoms with E-state index in [4.69, 9.17) is 9.47 Å². The molecule has 2 aromatic rings. The van der Waals surface area contributed by atoms with Gasteiger partial charge >= 0.3 is 5.97 Å². The predicted molar refractivity (Wildman–Crippen MR) is 86.6 cm³/mol. The first-order chi connectivity index (χ1) is 10.7. The van der Waals surface area contributed by atoms with Crippen LogP contribution in [0, 0.1) is 0 Å². The van der Waals surface area contributed by atoms with Crippen LogP contribution in [0.25, 0.3) is 6.08 Å². The molecule has 0 aromatic heterocycles. The Bertz CT molecular complexity index is 723. The van der Waals surface area contributed by atoms with Crippen molar-refractivity contribution in [2.24, 2.45) is 0 Å². The summed E-state index contributed by atoms with van der Waals surface area (Å²) in [6.07, 6.45) is 3.91. The molecule has 0 saturated carbocycles. The van der Waals surface area contributed by atoms with Crippen LogP contribution in [0.1, 0.15) is 22.8 Å². The Balaban J connectivity index is 2.06. The molecule has 3 rings (SSSR count). The van der Waals surface area contributed by atoms with Gasteiger partial charge in [0.25, 0.3) is 0 Å². The zero-order valence-electron chi connectivity index (χ0n) is 12.5. The van der Waals surface area contributed by atoms with Crippen molar-refractivity contribution in [2.75, 3.05) is 12.4 Å². The van der Waals surface area contributed by atoms with Gasteiger partial charge in [-0.15, -0.1) is 0 Å². The van der Waals surface area contributed by atoms with Crippen LogP contribution >= 0.6 is 0 Å². The van der Waals surface area contributed by atoms with Crippen molar-refractivity contribution >= 4 is 23.4 Å². The van der Waals surface area contributed by atoms with Crippen LogP contribution in [-0.2, 0) is 4.74 Å². The summed E-state index contributed by atoms with van der Waals surface area (Å²) in [5, 5.41) is 3.31. The van der Waals surface area contributed by atoms with E-state index in [-0.39, 0.29) is 12.1 Å². The molecule has 22 heavy (non-hydrogen) atoms. The smallest absolute Gasteiger partial charge is 0.337 e. The van der Waals surface area contributed by atoms with Gasteiger partial charge in [0.15, 0.2) is 5.75 Å². The lowest BCUT2D eigenvalue weighted by molar-refractivity contribution is 0.0600. The molecule has 0 fully saturated rings. The maximum Gasteiger partial charge on any atom is 0.337 e. The van der Waals surface area contributed by atoms with Gasteiger partial charge in [-0.25, -0.2) is 4.79 Å². The van der Waals surface area contributed by atoms with Gasteiger partial charge in [0.1, 0.15) is 6.10 Å². The summed E-state index contributed by atoms with van der Waals surface area (Å²) in [7, 11) is 1.38. The van der Waals surface area contributed by atoms with E-state index in [1.165, 1.54) is 7.11 Å². The third-order valence-electron chi connectivity index (χ3n) is 3.44. The molecule has 2 aromatic carbocycles. The van der Waals surface area contributed by atoms with Crippen molar-refractivity contribution in [3.63, 3.8) is 0 Å². The lowest BCUT2D eigenvalue weighted by Gasteiger charge is -2.22. The summed E-state index contributed by atoms with van der Waals surface area (Å²) in [6, 6.07) is 13.3.